The molecule has 1 N–H and O–H groups in total. The maximum Gasteiger partial charge on any atom is 0.419 e. The number of rotatable bonds is 3. The second kappa shape index (κ2) is 7.77. The third-order valence-electron chi connectivity index (χ3n) is 5.03. The quantitative estimate of drug-likeness (QED) is 0.530. The van der Waals surface area contributed by atoms with Gasteiger partial charge < -0.3 is 10.2 Å². The fourth-order valence-corrected chi connectivity index (χ4v) is 3.89. The van der Waals surface area contributed by atoms with Crippen molar-refractivity contribution < 1.29 is 36.7 Å². The number of nitrogens with one attached hydrogen (secondary N) is 1. The molecular weight excluding hydrogens is 462 g/mol. The Morgan fingerprint density at radius 1 is 1.36 bits per heavy atom. The molecule has 1 saturated carbocycles. The van der Waals surface area contributed by atoms with E-state index < -0.39 is 88.8 Å². The highest BCUT2D eigenvalue weighted by atomic mass is 32.1. The van der Waals surface area contributed by atoms with Gasteiger partial charge in [0.15, 0.2) is 10.8 Å². The highest BCUT2D eigenvalue weighted by molar-refractivity contribution is 7.81. The Hall–Kier alpha value is -3.59. The number of thiocarbonyl (C=S) groups is 1. The Labute approximate surface area is 200 Å². The van der Waals surface area contributed by atoms with E-state index in [1.807, 2.05) is 0 Å². The summed E-state index contributed by atoms with van der Waals surface area (Å²) in [6.07, 6.45) is -10.6. The molecule has 1 aliphatic heterocycles. The molecule has 33 heavy (non-hydrogen) atoms. The first-order valence-electron chi connectivity index (χ1n) is 12.5. The zero-order valence-corrected chi connectivity index (χ0v) is 16.9. The lowest BCUT2D eigenvalue weighted by molar-refractivity contribution is -0.138. The van der Waals surface area contributed by atoms with Crippen LogP contribution in [0.5, 0.6) is 0 Å². The van der Waals surface area contributed by atoms with Crippen LogP contribution in [0, 0.1) is 17.1 Å². The van der Waals surface area contributed by atoms with E-state index in [1.165, 1.54) is 6.07 Å². The van der Waals surface area contributed by atoms with Crippen LogP contribution in [0.1, 0.15) is 50.4 Å². The maximum atomic E-state index is 15.0. The molecule has 7 nitrogen and oxygen atoms in total. The van der Waals surface area contributed by atoms with E-state index in [4.69, 9.17) is 27.1 Å². The summed E-state index contributed by atoms with van der Waals surface area (Å²) in [5.41, 5.74) is -7.25. The molecule has 0 unspecified atom stereocenters. The molecule has 12 heteroatoms. The van der Waals surface area contributed by atoms with Gasteiger partial charge in [0.25, 0.3) is 11.8 Å². The van der Waals surface area contributed by atoms with Crippen molar-refractivity contribution in [1.29, 1.82) is 5.26 Å². The minimum Gasteiger partial charge on any atom is -0.355 e. The molecule has 2 aliphatic rings. The molecular formula is C21H15F4N5O2S. The van der Waals surface area contributed by atoms with Crippen LogP contribution < -0.4 is 15.1 Å². The van der Waals surface area contributed by atoms with Gasteiger partial charge in [0, 0.05) is 22.3 Å². The standard InChI is InChI=1S/C21H15F4N5O2S/c1-27-17(31)13-4-3-11(8-15(13)22)30-19(33)29(18(32)20(30)5-2-6-20)12-7-14(21(23,24)25)16(9-26)28-10-12/h3-4,7-8,10H,2,5-6H2,1H3,(H,27,31)/i1D3,5D2,6D2. The Morgan fingerprint density at radius 2 is 2.09 bits per heavy atom. The Kier molecular flexibility index (Phi) is 3.60. The number of carbonyl (C=O) groups excluding carboxylic acids is 2. The average Bonchev–Trinajstić information content (AvgIpc) is 3.05. The fraction of sp³-hybridized carbons (Fsp3) is 0.286. The number of benzene rings is 1. The van der Waals surface area contributed by atoms with Gasteiger partial charge in [0.05, 0.1) is 23.0 Å². The monoisotopic (exact) mass is 484 g/mol. The van der Waals surface area contributed by atoms with Gasteiger partial charge in [-0.25, -0.2) is 9.37 Å². The van der Waals surface area contributed by atoms with E-state index in [0.29, 0.717) is 28.1 Å². The Morgan fingerprint density at radius 3 is 2.67 bits per heavy atom. The molecule has 2 heterocycles. The number of hydrogen-bond donors (Lipinski definition) is 1. The van der Waals surface area contributed by atoms with E-state index in [-0.39, 0.29) is 0 Å². The largest absolute Gasteiger partial charge is 0.419 e. The van der Waals surface area contributed by atoms with Gasteiger partial charge in [-0.3, -0.25) is 14.5 Å². The van der Waals surface area contributed by atoms with Crippen molar-refractivity contribution in [1.82, 2.24) is 10.3 Å². The molecule has 0 atom stereocenters. The first-order chi connectivity index (χ1) is 18.2. The van der Waals surface area contributed by atoms with Crippen molar-refractivity contribution in [2.45, 2.75) is 30.9 Å². The van der Waals surface area contributed by atoms with Crippen LogP contribution >= 0.6 is 12.2 Å². The normalized spacial score (nSPS) is 23.8. The minimum atomic E-state index is -5.09. The SMILES string of the molecule is [2H]C([2H])([2H])NC(=O)c1ccc(N2C(=S)N(c3cnc(C#N)c(C(F)(F)F)c3)C(=O)C23C([2H])([2H])CC3([2H])[2H])cc1F. The molecule has 0 radical (unpaired) electrons. The summed E-state index contributed by atoms with van der Waals surface area (Å²) in [4.78, 5) is 30.4. The molecule has 0 bridgehead atoms. The lowest BCUT2D eigenvalue weighted by Crippen LogP contribution is -2.55. The van der Waals surface area contributed by atoms with E-state index in [1.54, 1.807) is 5.32 Å². The molecule has 1 aromatic heterocycles. The van der Waals surface area contributed by atoms with Crippen LogP contribution in [0.3, 0.4) is 0 Å². The third-order valence-corrected chi connectivity index (χ3v) is 5.40. The van der Waals surface area contributed by atoms with Crippen molar-refractivity contribution in [2.75, 3.05) is 16.8 Å². The molecule has 2 aromatic rings. The van der Waals surface area contributed by atoms with Gasteiger partial charge >= 0.3 is 6.18 Å². The summed E-state index contributed by atoms with van der Waals surface area (Å²) < 4.78 is 111. The molecule has 170 valence electrons. The average molecular weight is 484 g/mol. The highest BCUT2D eigenvalue weighted by Crippen LogP contribution is 2.48. The lowest BCUT2D eigenvalue weighted by atomic mass is 9.75. The van der Waals surface area contributed by atoms with E-state index in [2.05, 4.69) is 4.98 Å². The number of nitrogens with zero attached hydrogens (tertiary/aromatic N) is 4. The van der Waals surface area contributed by atoms with Crippen LogP contribution in [0.2, 0.25) is 0 Å². The Bertz CT molecular complexity index is 1500. The number of pyridine rings is 1. The number of hydrogen-bond acceptors (Lipinski definition) is 5. The van der Waals surface area contributed by atoms with Crippen LogP contribution in [-0.2, 0) is 11.0 Å². The van der Waals surface area contributed by atoms with Crippen molar-refractivity contribution in [3.8, 4) is 6.07 Å². The second-order valence-corrected chi connectivity index (χ2v) is 7.18. The van der Waals surface area contributed by atoms with Crippen LogP contribution in [-0.4, -0.2) is 34.4 Å². The smallest absolute Gasteiger partial charge is 0.355 e. The van der Waals surface area contributed by atoms with E-state index >= 15 is 4.39 Å². The maximum absolute atomic E-state index is 15.0. The van der Waals surface area contributed by atoms with Crippen LogP contribution in [0.15, 0.2) is 30.5 Å². The highest BCUT2D eigenvalue weighted by Gasteiger charge is 2.59. The summed E-state index contributed by atoms with van der Waals surface area (Å²) >= 11 is 5.30. The van der Waals surface area contributed by atoms with Crippen molar-refractivity contribution in [2.24, 2.45) is 0 Å². The van der Waals surface area contributed by atoms with E-state index in [9.17, 15) is 22.8 Å². The topological polar surface area (TPSA) is 89.3 Å². The number of amides is 2. The number of alkyl halides is 3. The summed E-state index contributed by atoms with van der Waals surface area (Å²) in [7, 11) is 0. The molecule has 4 rings (SSSR count). The fourth-order valence-electron chi connectivity index (χ4n) is 3.46. The number of carbonyl (C=O) groups is 2. The van der Waals surface area contributed by atoms with Gasteiger partial charge in [0.1, 0.15) is 17.4 Å². The molecule has 1 aromatic carbocycles. The Balaban J connectivity index is 1.90. The van der Waals surface area contributed by atoms with E-state index in [0.717, 1.165) is 12.1 Å². The number of aromatic nitrogens is 1. The number of anilines is 2. The summed E-state index contributed by atoms with van der Waals surface area (Å²) in [5.74, 6) is -4.09. The summed E-state index contributed by atoms with van der Waals surface area (Å²) in [5, 5.41) is 9.87. The van der Waals surface area contributed by atoms with Crippen LogP contribution in [0.4, 0.5) is 28.9 Å². The number of nitriles is 1. The molecule has 1 aliphatic carbocycles. The van der Waals surface area contributed by atoms with Gasteiger partial charge in [-0.05, 0) is 55.7 Å². The molecule has 1 saturated heterocycles. The molecule has 2 fully saturated rings. The van der Waals surface area contributed by atoms with Crippen molar-refractivity contribution >= 4 is 40.5 Å². The molecule has 2 amide bonds. The van der Waals surface area contributed by atoms with Gasteiger partial charge in [0.2, 0.25) is 0 Å². The minimum absolute atomic E-state index is 0.375. The lowest BCUT2D eigenvalue weighted by Gasteiger charge is -2.43. The van der Waals surface area contributed by atoms with Crippen molar-refractivity contribution in [3.05, 3.63) is 53.1 Å². The first-order valence-corrected chi connectivity index (χ1v) is 9.38. The van der Waals surface area contributed by atoms with Gasteiger partial charge in [-0.1, -0.05) is 0 Å². The molecule has 1 spiro atoms. The number of halogens is 4. The zero-order valence-electron chi connectivity index (χ0n) is 23.1. The summed E-state index contributed by atoms with van der Waals surface area (Å²) in [6, 6.07) is 3.97. The predicted octanol–water partition coefficient (Wildman–Crippen LogP) is 3.53. The third kappa shape index (κ3) is 3.39. The van der Waals surface area contributed by atoms with Gasteiger partial charge in [-0.2, -0.15) is 18.4 Å². The van der Waals surface area contributed by atoms with Crippen LogP contribution in [0.25, 0.3) is 0 Å². The zero-order chi connectivity index (χ0) is 30.2. The first kappa shape index (κ1) is 15.3. The summed E-state index contributed by atoms with van der Waals surface area (Å²) in [6.45, 7) is -2.96. The van der Waals surface area contributed by atoms with Crippen molar-refractivity contribution in [3.63, 3.8) is 0 Å². The second-order valence-electron chi connectivity index (χ2n) is 6.82. The predicted molar refractivity (Wildman–Crippen MR) is 113 cm³/mol. The van der Waals surface area contributed by atoms with Gasteiger partial charge in [-0.15, -0.1) is 0 Å².